The molecule has 0 radical (unpaired) electrons. The Hall–Kier alpha value is -1.77. The summed E-state index contributed by atoms with van der Waals surface area (Å²) in [5.41, 5.74) is 3.60. The topological polar surface area (TPSA) is 105 Å². The molecule has 0 bridgehead atoms. The van der Waals surface area contributed by atoms with Gasteiger partial charge >= 0.3 is 0 Å². The Labute approximate surface area is 270 Å². The highest BCUT2D eigenvalue weighted by molar-refractivity contribution is 6.02. The summed E-state index contributed by atoms with van der Waals surface area (Å²) in [5.74, 6) is 1.61. The molecule has 8 heteroatoms. The molecule has 4 aliphatic carbocycles. The van der Waals surface area contributed by atoms with Crippen LogP contribution < -0.4 is 5.32 Å². The molecular weight excluding hydrogens is 568 g/mol. The largest absolute Gasteiger partial charge is 0.393 e. The van der Waals surface area contributed by atoms with E-state index in [-0.39, 0.29) is 54.3 Å². The lowest BCUT2D eigenvalue weighted by atomic mass is 9.68. The molecule has 0 aromatic heterocycles. The predicted octanol–water partition coefficient (Wildman–Crippen LogP) is 5.85. The number of piperidine rings is 1. The molecule has 4 saturated carbocycles. The van der Waals surface area contributed by atoms with Gasteiger partial charge in [0.25, 0.3) is 0 Å². The fourth-order valence-corrected chi connectivity index (χ4v) is 10.2. The summed E-state index contributed by atoms with van der Waals surface area (Å²) in [6.07, 6.45) is 20.6. The highest BCUT2D eigenvalue weighted by atomic mass is 16.5. The molecule has 0 aromatic carbocycles. The van der Waals surface area contributed by atoms with Gasteiger partial charge in [0.2, 0.25) is 17.7 Å². The number of nitrogens with zero attached hydrogens (tertiary/aromatic N) is 1. The molecule has 45 heavy (non-hydrogen) atoms. The summed E-state index contributed by atoms with van der Waals surface area (Å²) in [6.45, 7) is 4.05. The van der Waals surface area contributed by atoms with Crippen molar-refractivity contribution < 1.29 is 29.0 Å². The van der Waals surface area contributed by atoms with E-state index in [4.69, 9.17) is 9.47 Å². The third kappa shape index (κ3) is 7.70. The summed E-state index contributed by atoms with van der Waals surface area (Å²) >= 11 is 0. The third-order valence-corrected chi connectivity index (χ3v) is 12.5. The highest BCUT2D eigenvalue weighted by Crippen LogP contribution is 2.46. The van der Waals surface area contributed by atoms with Gasteiger partial charge in [-0.2, -0.15) is 0 Å². The van der Waals surface area contributed by atoms with Gasteiger partial charge in [-0.05, 0) is 108 Å². The zero-order valence-corrected chi connectivity index (χ0v) is 27.7. The van der Waals surface area contributed by atoms with E-state index in [9.17, 15) is 19.5 Å². The maximum absolute atomic E-state index is 13.3. The third-order valence-electron chi connectivity index (χ3n) is 12.5. The van der Waals surface area contributed by atoms with Crippen LogP contribution in [0, 0.1) is 29.6 Å². The van der Waals surface area contributed by atoms with Crippen molar-refractivity contribution in [2.75, 3.05) is 19.8 Å². The molecule has 252 valence electrons. The van der Waals surface area contributed by atoms with Crippen molar-refractivity contribution in [3.05, 3.63) is 11.1 Å². The van der Waals surface area contributed by atoms with Gasteiger partial charge in [-0.15, -0.1) is 0 Å². The number of nitrogens with one attached hydrogen (secondary N) is 1. The van der Waals surface area contributed by atoms with Gasteiger partial charge in [-0.1, -0.05) is 43.8 Å². The summed E-state index contributed by atoms with van der Waals surface area (Å²) in [7, 11) is 0. The van der Waals surface area contributed by atoms with Crippen molar-refractivity contribution in [3.63, 3.8) is 0 Å². The molecule has 2 aliphatic heterocycles. The molecule has 2 saturated heterocycles. The SMILES string of the molecule is CC/C(=C(\C1CCC(O)CC1)C1CCC(OCCOC2CCCC3C(=O)N(C4CCC(=O)NC4=O)CC23)CC1)C1CCCCC1. The first kappa shape index (κ1) is 33.1. The van der Waals surface area contributed by atoms with Gasteiger partial charge in [0, 0.05) is 24.8 Å². The number of likely N-dealkylation sites (tertiary alicyclic amines) is 1. The number of aliphatic hydroxyl groups excluding tert-OH is 1. The Kier molecular flexibility index (Phi) is 11.4. The van der Waals surface area contributed by atoms with Crippen LogP contribution in [0.25, 0.3) is 0 Å². The van der Waals surface area contributed by atoms with Gasteiger partial charge in [0.1, 0.15) is 6.04 Å². The smallest absolute Gasteiger partial charge is 0.249 e. The average molecular weight is 627 g/mol. The van der Waals surface area contributed by atoms with Crippen LogP contribution in [0.2, 0.25) is 0 Å². The van der Waals surface area contributed by atoms with E-state index in [1.54, 1.807) is 10.5 Å². The van der Waals surface area contributed by atoms with E-state index in [1.165, 1.54) is 51.4 Å². The molecule has 6 rings (SSSR count). The average Bonchev–Trinajstić information content (AvgIpc) is 3.39. The first-order chi connectivity index (χ1) is 21.9. The van der Waals surface area contributed by atoms with E-state index in [2.05, 4.69) is 12.2 Å². The van der Waals surface area contributed by atoms with E-state index in [0.717, 1.165) is 63.7 Å². The molecule has 8 nitrogen and oxygen atoms in total. The van der Waals surface area contributed by atoms with Crippen LogP contribution in [-0.2, 0) is 23.9 Å². The number of imide groups is 1. The monoisotopic (exact) mass is 626 g/mol. The molecule has 4 atom stereocenters. The minimum absolute atomic E-state index is 0.0132. The Morgan fingerprint density at radius 3 is 2.16 bits per heavy atom. The summed E-state index contributed by atoms with van der Waals surface area (Å²) in [4.78, 5) is 39.1. The number of hydrogen-bond donors (Lipinski definition) is 2. The highest BCUT2D eigenvalue weighted by Gasteiger charge is 2.50. The zero-order chi connectivity index (χ0) is 31.3. The minimum atomic E-state index is -0.531. The van der Waals surface area contributed by atoms with Crippen LogP contribution in [0.4, 0.5) is 0 Å². The minimum Gasteiger partial charge on any atom is -0.393 e. The number of ether oxygens (including phenoxy) is 2. The Balaban J connectivity index is 0.987. The predicted molar refractivity (Wildman–Crippen MR) is 172 cm³/mol. The van der Waals surface area contributed by atoms with Crippen molar-refractivity contribution in [3.8, 4) is 0 Å². The summed E-state index contributed by atoms with van der Waals surface area (Å²) in [5, 5.41) is 12.7. The second kappa shape index (κ2) is 15.4. The second-order valence-electron chi connectivity index (χ2n) is 15.1. The van der Waals surface area contributed by atoms with E-state index in [0.29, 0.717) is 38.0 Å². The van der Waals surface area contributed by atoms with Gasteiger partial charge in [-0.25, -0.2) is 0 Å². The summed E-state index contributed by atoms with van der Waals surface area (Å²) < 4.78 is 12.8. The summed E-state index contributed by atoms with van der Waals surface area (Å²) in [6, 6.07) is -0.531. The lowest BCUT2D eigenvalue weighted by Gasteiger charge is -2.39. The molecule has 0 spiro atoms. The number of allylic oxidation sites excluding steroid dienone is 2. The molecule has 2 N–H and O–H groups in total. The first-order valence-corrected chi connectivity index (χ1v) is 18.7. The Morgan fingerprint density at radius 1 is 0.778 bits per heavy atom. The van der Waals surface area contributed by atoms with Crippen LogP contribution >= 0.6 is 0 Å². The number of rotatable bonds is 10. The number of hydrogen-bond acceptors (Lipinski definition) is 6. The van der Waals surface area contributed by atoms with Crippen LogP contribution in [0.15, 0.2) is 11.1 Å². The lowest BCUT2D eigenvalue weighted by molar-refractivity contribution is -0.144. The normalized spacial score (nSPS) is 37.3. The van der Waals surface area contributed by atoms with Crippen LogP contribution in [0.3, 0.4) is 0 Å². The number of carbonyl (C=O) groups is 3. The first-order valence-electron chi connectivity index (χ1n) is 18.7. The van der Waals surface area contributed by atoms with E-state index >= 15 is 0 Å². The molecule has 2 heterocycles. The fourth-order valence-electron chi connectivity index (χ4n) is 10.2. The van der Waals surface area contributed by atoms with Crippen molar-refractivity contribution in [1.82, 2.24) is 10.2 Å². The van der Waals surface area contributed by atoms with Gasteiger partial charge < -0.3 is 19.5 Å². The molecule has 0 aromatic rings. The molecule has 4 unspecified atom stereocenters. The molecule has 6 fully saturated rings. The van der Waals surface area contributed by atoms with Crippen molar-refractivity contribution >= 4 is 17.7 Å². The standard InChI is InChI=1S/C37H58N2O6/c1-2-29(24-7-4-3-5-8-24)35(25-11-15-27(40)16-12-25)26-13-17-28(18-14-26)44-21-22-45-33-10-6-9-30-31(33)23-39(37(30)43)32-19-20-34(41)38-36(32)42/h24-28,30-33,40H,2-23H2,1H3,(H,38,41,42)/b35-29-. The van der Waals surface area contributed by atoms with Crippen molar-refractivity contribution in [1.29, 1.82) is 0 Å². The molecular formula is C37H58N2O6. The van der Waals surface area contributed by atoms with Crippen molar-refractivity contribution in [2.45, 2.75) is 153 Å². The molecule has 6 aliphatic rings. The van der Waals surface area contributed by atoms with Gasteiger partial charge in [0.15, 0.2) is 0 Å². The number of fused-ring (bicyclic) bond motifs is 1. The van der Waals surface area contributed by atoms with E-state index in [1.807, 2.05) is 5.57 Å². The Morgan fingerprint density at radius 2 is 1.47 bits per heavy atom. The van der Waals surface area contributed by atoms with E-state index < -0.39 is 6.04 Å². The number of carbonyl (C=O) groups excluding carboxylic acids is 3. The van der Waals surface area contributed by atoms with Gasteiger partial charge in [-0.3, -0.25) is 19.7 Å². The van der Waals surface area contributed by atoms with Crippen LogP contribution in [0.1, 0.15) is 129 Å². The number of aliphatic hydroxyl groups is 1. The maximum atomic E-state index is 13.3. The maximum Gasteiger partial charge on any atom is 0.249 e. The van der Waals surface area contributed by atoms with Gasteiger partial charge in [0.05, 0.1) is 31.5 Å². The second-order valence-corrected chi connectivity index (χ2v) is 15.1. The fraction of sp³-hybridized carbons (Fsp3) is 0.865. The Bertz CT molecular complexity index is 1070. The number of amides is 3. The van der Waals surface area contributed by atoms with Crippen LogP contribution in [-0.4, -0.2) is 71.8 Å². The quantitative estimate of drug-likeness (QED) is 0.179. The van der Waals surface area contributed by atoms with Crippen LogP contribution in [0.5, 0.6) is 0 Å². The lowest BCUT2D eigenvalue weighted by Crippen LogP contribution is -2.53. The zero-order valence-electron chi connectivity index (χ0n) is 27.7. The van der Waals surface area contributed by atoms with Crippen molar-refractivity contribution in [2.24, 2.45) is 29.6 Å². The molecule has 3 amide bonds.